The predicted octanol–water partition coefficient (Wildman–Crippen LogP) is 3.51. The van der Waals surface area contributed by atoms with Crippen LogP contribution in [0.15, 0.2) is 66.8 Å². The van der Waals surface area contributed by atoms with Crippen LogP contribution in [0.3, 0.4) is 0 Å². The largest absolute Gasteiger partial charge is 0.389 e. The number of amides is 1. The summed E-state index contributed by atoms with van der Waals surface area (Å²) in [5, 5.41) is 10.2. The lowest BCUT2D eigenvalue weighted by atomic mass is 9.90. The third kappa shape index (κ3) is 7.75. The van der Waals surface area contributed by atoms with E-state index in [1.165, 1.54) is 5.56 Å². The van der Waals surface area contributed by atoms with Gasteiger partial charge in [-0.25, -0.2) is 0 Å². The van der Waals surface area contributed by atoms with Gasteiger partial charge in [0.15, 0.2) is 5.78 Å². The van der Waals surface area contributed by atoms with Gasteiger partial charge in [-0.3, -0.25) is 9.59 Å². The minimum absolute atomic E-state index is 0.0913. The number of hydrogen-bond acceptors (Lipinski definition) is 3. The molecule has 0 heterocycles. The van der Waals surface area contributed by atoms with E-state index in [0.29, 0.717) is 12.8 Å². The standard InChI is InChI=1S/C23H29NO3/c24-23(27)11-7-2-1-6-10-19-13-17-22(26)21(19)16-15-20(25)14-12-18-8-4-3-5-9-18/h1,3-6,8-9,13,15-17,19-21,25H,2,7,10-12,14H2,(H2,24,27)/b6-1+,16-15+/t19-,20-,21+/m0/s1. The van der Waals surface area contributed by atoms with Gasteiger partial charge in [0.25, 0.3) is 0 Å². The molecule has 0 bridgehead atoms. The van der Waals surface area contributed by atoms with Gasteiger partial charge in [0.2, 0.25) is 5.91 Å². The van der Waals surface area contributed by atoms with E-state index in [1.54, 1.807) is 12.2 Å². The van der Waals surface area contributed by atoms with Crippen LogP contribution in [0, 0.1) is 11.8 Å². The second-order valence-corrected chi connectivity index (χ2v) is 6.99. The molecule has 3 N–H and O–H groups in total. The summed E-state index contributed by atoms with van der Waals surface area (Å²) >= 11 is 0. The number of hydrogen-bond donors (Lipinski definition) is 2. The van der Waals surface area contributed by atoms with Gasteiger partial charge in [0.05, 0.1) is 6.10 Å². The summed E-state index contributed by atoms with van der Waals surface area (Å²) in [7, 11) is 0. The zero-order valence-corrected chi connectivity index (χ0v) is 15.7. The highest BCUT2D eigenvalue weighted by molar-refractivity contribution is 5.95. The Hall–Kier alpha value is -2.46. The van der Waals surface area contributed by atoms with E-state index in [9.17, 15) is 14.7 Å². The van der Waals surface area contributed by atoms with E-state index in [2.05, 4.69) is 6.08 Å². The number of ketones is 1. The highest BCUT2D eigenvalue weighted by Gasteiger charge is 2.26. The van der Waals surface area contributed by atoms with Gasteiger partial charge >= 0.3 is 0 Å². The Morgan fingerprint density at radius 1 is 1.22 bits per heavy atom. The first-order chi connectivity index (χ1) is 13.1. The second kappa shape index (κ2) is 11.3. The highest BCUT2D eigenvalue weighted by Crippen LogP contribution is 2.27. The fourth-order valence-corrected chi connectivity index (χ4v) is 3.19. The molecule has 0 saturated carbocycles. The summed E-state index contributed by atoms with van der Waals surface area (Å²) in [4.78, 5) is 22.8. The SMILES string of the molecule is NC(=O)CCC/C=C/C[C@H]1C=CC(=O)[C@@H]1/C=C/[C@@H](O)CCc1ccccc1. The van der Waals surface area contributed by atoms with Gasteiger partial charge in [-0.1, -0.05) is 60.7 Å². The highest BCUT2D eigenvalue weighted by atomic mass is 16.3. The van der Waals surface area contributed by atoms with Crippen LogP contribution in [0.1, 0.15) is 37.7 Å². The maximum absolute atomic E-state index is 12.1. The summed E-state index contributed by atoms with van der Waals surface area (Å²) in [6.07, 6.45) is 14.9. The Bertz CT molecular complexity index is 691. The number of primary amides is 1. The zero-order chi connectivity index (χ0) is 19.5. The number of carbonyl (C=O) groups is 2. The first kappa shape index (κ1) is 20.8. The molecule has 0 spiro atoms. The van der Waals surface area contributed by atoms with Crippen molar-refractivity contribution in [3.8, 4) is 0 Å². The summed E-state index contributed by atoms with van der Waals surface area (Å²) in [5.74, 6) is -0.258. The molecule has 1 amide bonds. The van der Waals surface area contributed by atoms with Crippen molar-refractivity contribution >= 4 is 11.7 Å². The van der Waals surface area contributed by atoms with Crippen molar-refractivity contribution in [2.24, 2.45) is 17.6 Å². The van der Waals surface area contributed by atoms with E-state index in [-0.39, 0.29) is 23.5 Å². The van der Waals surface area contributed by atoms with Crippen molar-refractivity contribution in [1.29, 1.82) is 0 Å². The van der Waals surface area contributed by atoms with Crippen molar-refractivity contribution in [3.05, 3.63) is 72.4 Å². The third-order valence-electron chi connectivity index (χ3n) is 4.78. The Morgan fingerprint density at radius 3 is 2.74 bits per heavy atom. The van der Waals surface area contributed by atoms with E-state index >= 15 is 0 Å². The molecule has 1 aliphatic carbocycles. The van der Waals surface area contributed by atoms with E-state index in [0.717, 1.165) is 25.7 Å². The van der Waals surface area contributed by atoms with Crippen molar-refractivity contribution in [3.63, 3.8) is 0 Å². The first-order valence-electron chi connectivity index (χ1n) is 9.62. The Morgan fingerprint density at radius 2 is 2.00 bits per heavy atom. The van der Waals surface area contributed by atoms with Gasteiger partial charge in [-0.05, 0) is 49.7 Å². The van der Waals surface area contributed by atoms with Gasteiger partial charge < -0.3 is 10.8 Å². The molecule has 27 heavy (non-hydrogen) atoms. The number of carbonyl (C=O) groups excluding carboxylic acids is 2. The van der Waals surface area contributed by atoms with Gasteiger partial charge in [0, 0.05) is 12.3 Å². The molecule has 0 saturated heterocycles. The topological polar surface area (TPSA) is 80.4 Å². The van der Waals surface area contributed by atoms with Crippen LogP contribution in [0.2, 0.25) is 0 Å². The van der Waals surface area contributed by atoms with E-state index in [4.69, 9.17) is 5.73 Å². The smallest absolute Gasteiger partial charge is 0.217 e. The summed E-state index contributed by atoms with van der Waals surface area (Å²) < 4.78 is 0. The number of allylic oxidation sites excluding steroid dienone is 5. The monoisotopic (exact) mass is 367 g/mol. The third-order valence-corrected chi connectivity index (χ3v) is 4.78. The van der Waals surface area contributed by atoms with E-state index < -0.39 is 6.10 Å². The second-order valence-electron chi connectivity index (χ2n) is 6.99. The lowest BCUT2D eigenvalue weighted by Gasteiger charge is -2.13. The van der Waals surface area contributed by atoms with Crippen LogP contribution < -0.4 is 5.73 Å². The lowest BCUT2D eigenvalue weighted by molar-refractivity contribution is -0.118. The number of nitrogens with two attached hydrogens (primary N) is 1. The van der Waals surface area contributed by atoms with Crippen molar-refractivity contribution in [1.82, 2.24) is 0 Å². The normalized spacial score (nSPS) is 20.7. The molecule has 4 nitrogen and oxygen atoms in total. The minimum Gasteiger partial charge on any atom is -0.389 e. The van der Waals surface area contributed by atoms with Gasteiger partial charge in [-0.2, -0.15) is 0 Å². The fourth-order valence-electron chi connectivity index (χ4n) is 3.19. The number of aliphatic hydroxyl groups is 1. The molecule has 3 atom stereocenters. The van der Waals surface area contributed by atoms with Crippen LogP contribution in [-0.4, -0.2) is 22.9 Å². The van der Waals surface area contributed by atoms with Crippen LogP contribution >= 0.6 is 0 Å². The maximum Gasteiger partial charge on any atom is 0.217 e. The molecule has 0 fully saturated rings. The summed E-state index contributed by atoms with van der Waals surface area (Å²) in [6.45, 7) is 0. The minimum atomic E-state index is -0.552. The lowest BCUT2D eigenvalue weighted by Crippen LogP contribution is -2.14. The number of benzene rings is 1. The van der Waals surface area contributed by atoms with Crippen molar-refractivity contribution in [2.75, 3.05) is 0 Å². The molecular weight excluding hydrogens is 338 g/mol. The Balaban J connectivity index is 1.77. The number of aryl methyl sites for hydroxylation is 1. The predicted molar refractivity (Wildman–Crippen MR) is 108 cm³/mol. The Kier molecular flexibility index (Phi) is 8.72. The van der Waals surface area contributed by atoms with Crippen LogP contribution in [0.4, 0.5) is 0 Å². The fraction of sp³-hybridized carbons (Fsp3) is 0.391. The quantitative estimate of drug-likeness (QED) is 0.464. The molecular formula is C23H29NO3. The maximum atomic E-state index is 12.1. The first-order valence-corrected chi connectivity index (χ1v) is 9.62. The molecule has 0 aromatic heterocycles. The average molecular weight is 367 g/mol. The molecule has 2 rings (SSSR count). The van der Waals surface area contributed by atoms with Crippen LogP contribution in [0.25, 0.3) is 0 Å². The number of rotatable bonds is 11. The Labute approximate surface area is 161 Å². The van der Waals surface area contributed by atoms with Crippen molar-refractivity contribution < 1.29 is 14.7 Å². The van der Waals surface area contributed by atoms with Crippen LogP contribution in [0.5, 0.6) is 0 Å². The van der Waals surface area contributed by atoms with Gasteiger partial charge in [-0.15, -0.1) is 0 Å². The van der Waals surface area contributed by atoms with Crippen molar-refractivity contribution in [2.45, 2.75) is 44.6 Å². The molecule has 1 aromatic rings. The number of aliphatic hydroxyl groups excluding tert-OH is 1. The molecule has 0 aliphatic heterocycles. The molecule has 0 radical (unpaired) electrons. The van der Waals surface area contributed by atoms with Gasteiger partial charge in [0.1, 0.15) is 0 Å². The van der Waals surface area contributed by atoms with Crippen LogP contribution in [-0.2, 0) is 16.0 Å². The average Bonchev–Trinajstić information content (AvgIpc) is 3.01. The zero-order valence-electron chi connectivity index (χ0n) is 15.7. The number of unbranched alkanes of at least 4 members (excludes halogenated alkanes) is 1. The molecule has 1 aromatic carbocycles. The molecule has 144 valence electrons. The summed E-state index contributed by atoms with van der Waals surface area (Å²) in [5.41, 5.74) is 6.31. The molecule has 0 unspecified atom stereocenters. The molecule has 4 heteroatoms. The molecule has 1 aliphatic rings. The summed E-state index contributed by atoms with van der Waals surface area (Å²) in [6, 6.07) is 10.1. The van der Waals surface area contributed by atoms with E-state index in [1.807, 2.05) is 48.6 Å².